The number of para-hydroxylation sites is 3. The molecule has 0 unspecified atom stereocenters. The van der Waals surface area contributed by atoms with Crippen LogP contribution in [-0.2, 0) is 16.2 Å². The maximum Gasteiger partial charge on any atom is 0.252 e. The monoisotopic (exact) mass is 921 g/mol. The summed E-state index contributed by atoms with van der Waals surface area (Å²) in [4.78, 5) is 7.52. The molecule has 0 N–H and O–H groups in total. The SMILES string of the molecule is CC(C)(C)c1ccc(N2c3ccc(C(C)(C)C)cc3B3c4ccc(N(c5ccccc5)c5ccccc5)cc4N(c4cccc(-c5ccc6c(c5)oc5ccccc56)c4)c4cc(C(C)(C)C)cc2c43)cc1. The van der Waals surface area contributed by atoms with E-state index in [-0.39, 0.29) is 23.0 Å². The predicted molar refractivity (Wildman–Crippen MR) is 304 cm³/mol. The van der Waals surface area contributed by atoms with E-state index in [0.717, 1.165) is 67.2 Å². The third-order valence-electron chi connectivity index (χ3n) is 14.9. The van der Waals surface area contributed by atoms with Crippen LogP contribution in [0.2, 0.25) is 0 Å². The standard InChI is InChI=1S/C66H60BN3O/c1-64(2,3)45-28-31-50(32-29-45)69-57-36-30-46(65(4,5)6)39-56(57)67-55-35-33-52(68(48-20-12-10-13-21-48)49-22-14-11-15-23-49)42-58(55)70(60-41-47(66(7,8)9)40-59(69)63(60)67)51-24-18-19-43(37-51)44-27-34-54-53-25-16-17-26-61(53)71-62(54)38-44/h10-42H,1-9H3. The van der Waals surface area contributed by atoms with Crippen molar-refractivity contribution in [1.29, 1.82) is 0 Å². The van der Waals surface area contributed by atoms with Gasteiger partial charge >= 0.3 is 0 Å². The van der Waals surface area contributed by atoms with Crippen molar-refractivity contribution in [3.05, 3.63) is 217 Å². The zero-order valence-corrected chi connectivity index (χ0v) is 42.4. The Morgan fingerprint density at radius 2 is 0.958 bits per heavy atom. The van der Waals surface area contributed by atoms with E-state index in [4.69, 9.17) is 4.42 Å². The van der Waals surface area contributed by atoms with Gasteiger partial charge in [-0.1, -0.05) is 165 Å². The Balaban J connectivity index is 1.15. The molecule has 4 nitrogen and oxygen atoms in total. The van der Waals surface area contributed by atoms with Crippen LogP contribution in [0.1, 0.15) is 79.0 Å². The molecule has 0 fully saturated rings. The summed E-state index contributed by atoms with van der Waals surface area (Å²) in [5, 5.41) is 2.26. The molecule has 2 aliphatic heterocycles. The molecule has 5 heteroatoms. The van der Waals surface area contributed by atoms with Crippen LogP contribution in [0.3, 0.4) is 0 Å². The Labute approximate surface area is 419 Å². The molecule has 0 bridgehead atoms. The lowest BCUT2D eigenvalue weighted by molar-refractivity contribution is 0.589. The van der Waals surface area contributed by atoms with Gasteiger partial charge in [-0.05, 0) is 158 Å². The molecule has 0 spiro atoms. The Morgan fingerprint density at radius 1 is 0.366 bits per heavy atom. The summed E-state index contributed by atoms with van der Waals surface area (Å²) in [5.74, 6) is 0. The van der Waals surface area contributed by atoms with Crippen molar-refractivity contribution in [3.8, 4) is 11.1 Å². The average molecular weight is 922 g/mol. The van der Waals surface area contributed by atoms with Gasteiger partial charge in [0.1, 0.15) is 11.2 Å². The maximum atomic E-state index is 6.46. The molecular formula is C66H60BN3O. The molecule has 12 rings (SSSR count). The van der Waals surface area contributed by atoms with Crippen LogP contribution < -0.4 is 31.1 Å². The van der Waals surface area contributed by atoms with E-state index in [1.54, 1.807) is 0 Å². The van der Waals surface area contributed by atoms with Gasteiger partial charge in [-0.3, -0.25) is 0 Å². The summed E-state index contributed by atoms with van der Waals surface area (Å²) < 4.78 is 6.46. The molecule has 0 atom stereocenters. The Hall–Kier alpha value is -7.76. The van der Waals surface area contributed by atoms with E-state index in [1.165, 1.54) is 50.1 Å². The molecule has 1 aromatic heterocycles. The highest BCUT2D eigenvalue weighted by molar-refractivity contribution is 7.00. The predicted octanol–water partition coefficient (Wildman–Crippen LogP) is 16.7. The van der Waals surface area contributed by atoms with Crippen LogP contribution in [-0.4, -0.2) is 6.71 Å². The summed E-state index contributed by atoms with van der Waals surface area (Å²) >= 11 is 0. The van der Waals surface area contributed by atoms with Crippen molar-refractivity contribution in [2.75, 3.05) is 14.7 Å². The van der Waals surface area contributed by atoms with Crippen LogP contribution in [0.25, 0.3) is 33.1 Å². The van der Waals surface area contributed by atoms with Crippen molar-refractivity contribution in [2.45, 2.75) is 78.6 Å². The molecule has 0 saturated carbocycles. The summed E-state index contributed by atoms with van der Waals surface area (Å²) in [6.07, 6.45) is 0. The fraction of sp³-hybridized carbons (Fsp3) is 0.182. The Morgan fingerprint density at radius 3 is 1.62 bits per heavy atom. The molecule has 2 aliphatic rings. The molecule has 0 saturated heterocycles. The van der Waals surface area contributed by atoms with Gasteiger partial charge in [-0.15, -0.1) is 0 Å². The average Bonchev–Trinajstić information content (AvgIpc) is 3.74. The first-order valence-corrected chi connectivity index (χ1v) is 25.2. The van der Waals surface area contributed by atoms with Gasteiger partial charge in [-0.25, -0.2) is 0 Å². The second-order valence-corrected chi connectivity index (χ2v) is 22.7. The van der Waals surface area contributed by atoms with Gasteiger partial charge in [0.05, 0.1) is 0 Å². The topological polar surface area (TPSA) is 22.9 Å². The van der Waals surface area contributed by atoms with Gasteiger partial charge in [0.15, 0.2) is 0 Å². The second kappa shape index (κ2) is 16.4. The molecule has 3 heterocycles. The van der Waals surface area contributed by atoms with Crippen LogP contribution in [0.5, 0.6) is 0 Å². The summed E-state index contributed by atoms with van der Waals surface area (Å²) in [5.41, 5.74) is 22.0. The number of fused-ring (bicyclic) bond motifs is 7. The van der Waals surface area contributed by atoms with Crippen molar-refractivity contribution >= 4 is 96.2 Å². The third kappa shape index (κ3) is 7.61. The molecule has 71 heavy (non-hydrogen) atoms. The van der Waals surface area contributed by atoms with Gasteiger partial charge < -0.3 is 19.1 Å². The molecule has 0 amide bonds. The first-order valence-electron chi connectivity index (χ1n) is 25.2. The zero-order chi connectivity index (χ0) is 49.0. The van der Waals surface area contributed by atoms with E-state index in [2.05, 4.69) is 271 Å². The smallest absolute Gasteiger partial charge is 0.252 e. The number of hydrogen-bond acceptors (Lipinski definition) is 4. The van der Waals surface area contributed by atoms with E-state index in [9.17, 15) is 0 Å². The largest absolute Gasteiger partial charge is 0.456 e. The highest BCUT2D eigenvalue weighted by atomic mass is 16.3. The van der Waals surface area contributed by atoms with E-state index in [0.29, 0.717) is 0 Å². The fourth-order valence-corrected chi connectivity index (χ4v) is 11.0. The minimum Gasteiger partial charge on any atom is -0.456 e. The quantitative estimate of drug-likeness (QED) is 0.155. The summed E-state index contributed by atoms with van der Waals surface area (Å²) in [6.45, 7) is 20.9. The van der Waals surface area contributed by atoms with E-state index < -0.39 is 0 Å². The summed E-state index contributed by atoms with van der Waals surface area (Å²) in [6, 6.07) is 74.4. The number of furan rings is 1. The minimum atomic E-state index is -0.159. The molecule has 0 radical (unpaired) electrons. The lowest BCUT2D eigenvalue weighted by atomic mass is 9.33. The van der Waals surface area contributed by atoms with Crippen LogP contribution >= 0.6 is 0 Å². The van der Waals surface area contributed by atoms with E-state index in [1.807, 2.05) is 6.07 Å². The summed E-state index contributed by atoms with van der Waals surface area (Å²) in [7, 11) is 0. The molecule has 0 aliphatic carbocycles. The highest BCUT2D eigenvalue weighted by Gasteiger charge is 2.45. The molecule has 10 aromatic rings. The molecule has 9 aromatic carbocycles. The van der Waals surface area contributed by atoms with Crippen molar-refractivity contribution in [1.82, 2.24) is 0 Å². The van der Waals surface area contributed by atoms with Gasteiger partial charge in [0.2, 0.25) is 0 Å². The van der Waals surface area contributed by atoms with E-state index >= 15 is 0 Å². The molecule has 348 valence electrons. The fourth-order valence-electron chi connectivity index (χ4n) is 11.0. The second-order valence-electron chi connectivity index (χ2n) is 22.7. The zero-order valence-electron chi connectivity index (χ0n) is 42.4. The number of benzene rings is 9. The lowest BCUT2D eigenvalue weighted by Gasteiger charge is -2.45. The minimum absolute atomic E-state index is 0.0301. The first kappa shape index (κ1) is 44.5. The van der Waals surface area contributed by atoms with Gasteiger partial charge in [-0.2, -0.15) is 0 Å². The van der Waals surface area contributed by atoms with Crippen molar-refractivity contribution in [2.24, 2.45) is 0 Å². The number of hydrogen-bond donors (Lipinski definition) is 0. The maximum absolute atomic E-state index is 6.46. The van der Waals surface area contributed by atoms with Gasteiger partial charge in [0, 0.05) is 62.0 Å². The Bertz CT molecular complexity index is 3630. The van der Waals surface area contributed by atoms with Crippen molar-refractivity contribution < 1.29 is 4.42 Å². The lowest BCUT2D eigenvalue weighted by Crippen LogP contribution is -2.61. The number of nitrogens with zero attached hydrogens (tertiary/aromatic N) is 3. The van der Waals surface area contributed by atoms with Crippen molar-refractivity contribution in [3.63, 3.8) is 0 Å². The van der Waals surface area contributed by atoms with Gasteiger partial charge in [0.25, 0.3) is 6.71 Å². The third-order valence-corrected chi connectivity index (χ3v) is 14.9. The number of anilines is 9. The van der Waals surface area contributed by atoms with Crippen LogP contribution in [0.15, 0.2) is 205 Å². The number of rotatable bonds is 6. The normalized spacial score (nSPS) is 13.3. The molecular weight excluding hydrogens is 862 g/mol. The Kier molecular flexibility index (Phi) is 10.3. The van der Waals surface area contributed by atoms with Crippen LogP contribution in [0.4, 0.5) is 51.2 Å². The highest BCUT2D eigenvalue weighted by Crippen LogP contribution is 2.49. The van der Waals surface area contributed by atoms with Crippen LogP contribution in [0, 0.1) is 0 Å². The first-order chi connectivity index (χ1) is 34.1.